The molecule has 2 fully saturated rings. The Hall–Kier alpha value is -2.07. The third kappa shape index (κ3) is 33.3. The van der Waals surface area contributed by atoms with Crippen LogP contribution < -0.4 is 34.0 Å². The van der Waals surface area contributed by atoms with Crippen LogP contribution in [0.3, 0.4) is 0 Å². The summed E-state index contributed by atoms with van der Waals surface area (Å²) in [6, 6.07) is 12.2. The number of anilines is 2. The smallest absolute Gasteiger partial charge is 0.338 e. The second kappa shape index (κ2) is 37.4. The molecule has 0 amide bonds. The van der Waals surface area contributed by atoms with Gasteiger partial charge < -0.3 is 38.7 Å². The highest BCUT2D eigenvalue weighted by molar-refractivity contribution is 6.42. The van der Waals surface area contributed by atoms with Crippen molar-refractivity contribution in [2.45, 2.75) is 118 Å². The number of unbranched alkanes of at least 4 members (excludes halogenated alkanes) is 3. The van der Waals surface area contributed by atoms with Crippen LogP contribution in [0.4, 0.5) is 11.4 Å². The maximum Gasteiger partial charge on any atom is 0.338 e. The molecule has 1 aliphatic heterocycles. The van der Waals surface area contributed by atoms with E-state index in [1.165, 1.54) is 90.1 Å². The van der Waals surface area contributed by atoms with Gasteiger partial charge in [-0.1, -0.05) is 95.8 Å². The topological polar surface area (TPSA) is 168 Å². The maximum absolute atomic E-state index is 11.1. The molecule has 1 saturated heterocycles. The first kappa shape index (κ1) is 48.3. The van der Waals surface area contributed by atoms with Crippen molar-refractivity contribution in [3.8, 4) is 0 Å². The third-order valence-electron chi connectivity index (χ3n) is 6.28. The van der Waals surface area contributed by atoms with E-state index in [9.17, 15) is 4.79 Å². The predicted octanol–water partition coefficient (Wildman–Crippen LogP) is 8.58. The highest BCUT2D eigenvalue weighted by Crippen LogP contribution is 2.23. The van der Waals surface area contributed by atoms with Crippen LogP contribution in [0.15, 0.2) is 42.5 Å². The van der Waals surface area contributed by atoms with Crippen LogP contribution in [0.25, 0.3) is 0 Å². The second-order valence-electron chi connectivity index (χ2n) is 10.5. The normalized spacial score (nSPS) is 13.3. The van der Waals surface area contributed by atoms with Crippen LogP contribution in [0, 0.1) is 0 Å². The molecule has 0 radical (unpaired) electrons. The molecule has 1 aliphatic carbocycles. The first-order valence-corrected chi connectivity index (χ1v) is 18.0. The average Bonchev–Trinajstić information content (AvgIpc) is 3.07. The molecule has 11 N–H and O–H groups in total. The van der Waals surface area contributed by atoms with E-state index >= 15 is 0 Å². The molecule has 2 aromatic rings. The van der Waals surface area contributed by atoms with E-state index in [1.54, 1.807) is 49.4 Å². The van der Waals surface area contributed by atoms with Gasteiger partial charge in [0, 0.05) is 17.4 Å². The van der Waals surface area contributed by atoms with Gasteiger partial charge in [-0.3, -0.25) is 0 Å². The summed E-state index contributed by atoms with van der Waals surface area (Å²) in [5, 5.41) is 4.31. The molecule has 10 heteroatoms. The minimum absolute atomic E-state index is 0.308. The summed E-state index contributed by atoms with van der Waals surface area (Å²) in [5.41, 5.74) is 28.4. The highest BCUT2D eigenvalue weighted by Gasteiger charge is 2.06. The molecular formula is C36H68Cl2N6O2. The summed E-state index contributed by atoms with van der Waals surface area (Å²) in [7, 11) is 0. The van der Waals surface area contributed by atoms with Gasteiger partial charge in [0.2, 0.25) is 0 Å². The highest BCUT2D eigenvalue weighted by atomic mass is 35.5. The lowest BCUT2D eigenvalue weighted by molar-refractivity contribution is 0.0526. The van der Waals surface area contributed by atoms with Crippen molar-refractivity contribution in [3.63, 3.8) is 0 Å². The Morgan fingerprint density at radius 2 is 1.30 bits per heavy atom. The molecule has 1 heterocycles. The Morgan fingerprint density at radius 1 is 0.783 bits per heavy atom. The first-order valence-electron chi connectivity index (χ1n) is 17.3. The van der Waals surface area contributed by atoms with Gasteiger partial charge in [0.1, 0.15) is 0 Å². The fraction of sp³-hybridized carbons (Fsp3) is 0.639. The number of esters is 1. The quantitative estimate of drug-likeness (QED) is 0.0997. The Bertz CT molecular complexity index is 894. The minimum atomic E-state index is -0.308. The maximum atomic E-state index is 11.1. The Labute approximate surface area is 291 Å². The van der Waals surface area contributed by atoms with E-state index in [-0.39, 0.29) is 5.97 Å². The van der Waals surface area contributed by atoms with E-state index in [1.807, 2.05) is 20.8 Å². The number of carbonyl (C=O) groups excluding carboxylic acids is 1. The fourth-order valence-corrected chi connectivity index (χ4v) is 4.16. The number of hydrogen-bond acceptors (Lipinski definition) is 8. The number of hydrogen-bond donors (Lipinski definition) is 6. The first-order chi connectivity index (χ1) is 22.2. The van der Waals surface area contributed by atoms with Gasteiger partial charge in [-0.25, -0.2) is 4.79 Å². The summed E-state index contributed by atoms with van der Waals surface area (Å²) in [5.74, 6) is -0.308. The summed E-state index contributed by atoms with van der Waals surface area (Å²) in [6.07, 6.45) is 16.0. The zero-order valence-corrected chi connectivity index (χ0v) is 31.1. The second-order valence-corrected chi connectivity index (χ2v) is 11.3. The summed E-state index contributed by atoms with van der Waals surface area (Å²) in [4.78, 5) is 11.1. The third-order valence-corrected chi connectivity index (χ3v) is 7.02. The van der Waals surface area contributed by atoms with Crippen molar-refractivity contribution in [2.24, 2.45) is 17.2 Å². The number of benzene rings is 2. The van der Waals surface area contributed by atoms with E-state index in [0.717, 1.165) is 13.1 Å². The number of halogens is 2. The number of ether oxygens (including phenoxy) is 1. The molecule has 0 spiro atoms. The summed E-state index contributed by atoms with van der Waals surface area (Å²) in [6.45, 7) is 14.4. The van der Waals surface area contributed by atoms with E-state index < -0.39 is 0 Å². The fourth-order valence-electron chi connectivity index (χ4n) is 3.85. The van der Waals surface area contributed by atoms with Crippen LogP contribution in [0.1, 0.15) is 122 Å². The van der Waals surface area contributed by atoms with E-state index in [2.05, 4.69) is 12.2 Å². The van der Waals surface area contributed by atoms with Crippen molar-refractivity contribution < 1.29 is 9.53 Å². The largest absolute Gasteiger partial charge is 0.462 e. The summed E-state index contributed by atoms with van der Waals surface area (Å²) >= 11 is 11.2. The Kier molecular flexibility index (Phi) is 39.3. The monoisotopic (exact) mass is 686 g/mol. The number of carbonyl (C=O) groups is 1. The van der Waals surface area contributed by atoms with Crippen LogP contribution in [-0.4, -0.2) is 44.8 Å². The molecule has 0 aromatic heterocycles. The van der Waals surface area contributed by atoms with Crippen LogP contribution >= 0.6 is 23.2 Å². The number of nitrogens with two attached hydrogens (primary N) is 5. The van der Waals surface area contributed by atoms with Gasteiger partial charge in [-0.05, 0) is 108 Å². The van der Waals surface area contributed by atoms with E-state index in [4.69, 9.17) is 56.6 Å². The molecule has 1 saturated carbocycles. The number of piperidine rings is 1. The Balaban J connectivity index is -0.000000494. The molecule has 0 bridgehead atoms. The molecule has 0 unspecified atom stereocenters. The molecule has 4 rings (SSSR count). The molecule has 2 aromatic carbocycles. The molecule has 2 aliphatic rings. The average molecular weight is 688 g/mol. The van der Waals surface area contributed by atoms with Crippen LogP contribution in [-0.2, 0) is 4.74 Å². The molecule has 268 valence electrons. The molecule has 8 nitrogen and oxygen atoms in total. The van der Waals surface area contributed by atoms with Gasteiger partial charge >= 0.3 is 5.97 Å². The lowest BCUT2D eigenvalue weighted by Gasteiger charge is -2.15. The standard InChI is InChI=1S/C9H11NO2.C6H5Cl2N.C6H13N.C6H15N.C5H11N.C2H7N.C2H6/c1-2-12-9(11)7-3-5-8(10)6-4-7;7-5-2-1-4(9)3-6(5)8;7-6-4-2-1-3-5-6;1-2-3-4-5-6-7;1-2-4-6-5-3-1;1-2-3;1-2/h3-6H,2,10H2,1H3;1-3H,9H2;6H,1-5,7H2;2-7H2,1H3;6H,1-5H2;2-3H2,1H3;1-2H3. The molecular weight excluding hydrogens is 619 g/mol. The van der Waals surface area contributed by atoms with E-state index in [0.29, 0.717) is 39.6 Å². The molecule has 0 atom stereocenters. The van der Waals surface area contributed by atoms with Gasteiger partial charge in [0.15, 0.2) is 0 Å². The van der Waals surface area contributed by atoms with Gasteiger partial charge in [-0.2, -0.15) is 0 Å². The lowest BCUT2D eigenvalue weighted by Crippen LogP contribution is -2.22. The van der Waals surface area contributed by atoms with Crippen LogP contribution in [0.2, 0.25) is 10.0 Å². The number of rotatable bonds is 6. The summed E-state index contributed by atoms with van der Waals surface area (Å²) < 4.78 is 4.79. The van der Waals surface area contributed by atoms with Gasteiger partial charge in [0.05, 0.1) is 22.2 Å². The predicted molar refractivity (Wildman–Crippen MR) is 205 cm³/mol. The van der Waals surface area contributed by atoms with Crippen LogP contribution in [0.5, 0.6) is 0 Å². The van der Waals surface area contributed by atoms with Crippen molar-refractivity contribution >= 4 is 40.5 Å². The SMILES string of the molecule is C1CCNCC1.CC.CCCCCCN.CCN.CCOC(=O)c1ccc(N)cc1.NC1CCCCC1.Nc1ccc(Cl)c(Cl)c1. The van der Waals surface area contributed by atoms with Crippen molar-refractivity contribution in [1.82, 2.24) is 5.32 Å². The van der Waals surface area contributed by atoms with Crippen molar-refractivity contribution in [3.05, 3.63) is 58.1 Å². The zero-order chi connectivity index (χ0) is 35.4. The van der Waals surface area contributed by atoms with Crippen molar-refractivity contribution in [1.29, 1.82) is 0 Å². The van der Waals surface area contributed by atoms with Crippen molar-refractivity contribution in [2.75, 3.05) is 44.3 Å². The molecule has 46 heavy (non-hydrogen) atoms. The minimum Gasteiger partial charge on any atom is -0.462 e. The lowest BCUT2D eigenvalue weighted by atomic mass is 9.97. The zero-order valence-electron chi connectivity index (χ0n) is 29.6. The number of nitrogen functional groups attached to an aromatic ring is 2. The van der Waals surface area contributed by atoms with Gasteiger partial charge in [-0.15, -0.1) is 0 Å². The number of nitrogens with one attached hydrogen (secondary N) is 1. The Morgan fingerprint density at radius 3 is 1.65 bits per heavy atom. The van der Waals surface area contributed by atoms with Gasteiger partial charge in [0.25, 0.3) is 0 Å².